The van der Waals surface area contributed by atoms with Crippen LogP contribution in [0.25, 0.3) is 11.6 Å². The summed E-state index contributed by atoms with van der Waals surface area (Å²) in [6.45, 7) is 3.60. The largest absolute Gasteiger partial charge is 0.493 e. The molecular weight excluding hydrogens is 386 g/mol. The summed E-state index contributed by atoms with van der Waals surface area (Å²) in [5, 5.41) is 9.17. The maximum atomic E-state index is 13.1. The Morgan fingerprint density at radius 2 is 1.97 bits per heavy atom. The van der Waals surface area contributed by atoms with Crippen LogP contribution in [0, 0.1) is 0 Å². The number of carbonyl (C=O) groups excluding carboxylic acids is 2. The summed E-state index contributed by atoms with van der Waals surface area (Å²) in [4.78, 5) is 37.8. The first-order chi connectivity index (χ1) is 14.4. The Hall–Kier alpha value is -3.61. The minimum atomic E-state index is -1.26. The highest BCUT2D eigenvalue weighted by Gasteiger charge is 2.36. The van der Waals surface area contributed by atoms with Gasteiger partial charge in [0, 0.05) is 28.7 Å². The molecule has 2 heterocycles. The molecular formula is C23H21NO6. The Bertz CT molecular complexity index is 1090. The van der Waals surface area contributed by atoms with E-state index in [1.54, 1.807) is 30.3 Å². The van der Waals surface area contributed by atoms with E-state index < -0.39 is 24.3 Å². The molecule has 0 unspecified atom stereocenters. The fraction of sp³-hybridized carbons (Fsp3) is 0.261. The molecule has 2 aliphatic rings. The lowest BCUT2D eigenvalue weighted by Gasteiger charge is -2.27. The highest BCUT2D eigenvalue weighted by molar-refractivity contribution is 6.34. The van der Waals surface area contributed by atoms with Crippen LogP contribution in [0.2, 0.25) is 0 Å². The van der Waals surface area contributed by atoms with E-state index in [1.807, 2.05) is 26.0 Å². The van der Waals surface area contributed by atoms with Crippen molar-refractivity contribution < 1.29 is 29.0 Å². The van der Waals surface area contributed by atoms with Crippen LogP contribution in [0.1, 0.15) is 40.9 Å². The van der Waals surface area contributed by atoms with Gasteiger partial charge in [0.25, 0.3) is 11.8 Å². The van der Waals surface area contributed by atoms with Crippen molar-refractivity contribution in [2.24, 2.45) is 0 Å². The van der Waals surface area contributed by atoms with Crippen molar-refractivity contribution in [3.63, 3.8) is 0 Å². The van der Waals surface area contributed by atoms with Crippen molar-refractivity contribution >= 4 is 29.4 Å². The van der Waals surface area contributed by atoms with Crippen LogP contribution in [0.3, 0.4) is 0 Å². The van der Waals surface area contributed by atoms with E-state index in [-0.39, 0.29) is 17.2 Å². The zero-order chi connectivity index (χ0) is 21.4. The van der Waals surface area contributed by atoms with E-state index in [0.717, 1.165) is 22.6 Å². The van der Waals surface area contributed by atoms with Gasteiger partial charge in [0.15, 0.2) is 0 Å². The number of imide groups is 1. The molecule has 0 fully saturated rings. The molecule has 1 N–H and O–H groups in total. The number of carboxylic acid groups (broad SMARTS) is 1. The van der Waals surface area contributed by atoms with E-state index in [1.165, 1.54) is 0 Å². The van der Waals surface area contributed by atoms with Crippen LogP contribution >= 0.6 is 0 Å². The van der Waals surface area contributed by atoms with Gasteiger partial charge in [-0.15, -0.1) is 0 Å². The van der Waals surface area contributed by atoms with Gasteiger partial charge in [-0.2, -0.15) is 0 Å². The monoisotopic (exact) mass is 407 g/mol. The van der Waals surface area contributed by atoms with Gasteiger partial charge in [0.1, 0.15) is 24.1 Å². The standard InChI is InChI=1S/C23H21NO6/c1-3-29-19-10-14-8-13(2)30-20(14)11-15(19)9-18-16-6-4-5-7-17(16)22(27)24(23(18)28)12-21(25)26/h4-7,9-11,13H,3,8,12H2,1-2H3,(H,25,26)/b18-9-/t13-/m1/s1. The minimum Gasteiger partial charge on any atom is -0.493 e. The highest BCUT2D eigenvalue weighted by Crippen LogP contribution is 2.38. The van der Waals surface area contributed by atoms with Crippen molar-refractivity contribution in [2.75, 3.05) is 13.2 Å². The molecule has 7 nitrogen and oxygen atoms in total. The number of benzene rings is 2. The minimum absolute atomic E-state index is 0.0538. The maximum Gasteiger partial charge on any atom is 0.323 e. The van der Waals surface area contributed by atoms with Crippen molar-refractivity contribution in [2.45, 2.75) is 26.4 Å². The molecule has 2 amide bonds. The van der Waals surface area contributed by atoms with Gasteiger partial charge in [-0.1, -0.05) is 18.2 Å². The van der Waals surface area contributed by atoms with Crippen molar-refractivity contribution in [1.82, 2.24) is 4.90 Å². The second-order valence-corrected chi connectivity index (χ2v) is 7.26. The molecule has 2 aromatic rings. The number of carbonyl (C=O) groups is 3. The molecule has 0 aliphatic carbocycles. The van der Waals surface area contributed by atoms with Crippen LogP contribution in [0.15, 0.2) is 36.4 Å². The number of rotatable bonds is 5. The van der Waals surface area contributed by atoms with Crippen LogP contribution in [-0.2, 0) is 16.0 Å². The number of nitrogens with zero attached hydrogens (tertiary/aromatic N) is 1. The summed E-state index contributed by atoms with van der Waals surface area (Å²) in [6, 6.07) is 10.4. The first-order valence-corrected chi connectivity index (χ1v) is 9.74. The van der Waals surface area contributed by atoms with Gasteiger partial charge >= 0.3 is 5.97 Å². The third kappa shape index (κ3) is 3.43. The van der Waals surface area contributed by atoms with E-state index in [9.17, 15) is 14.4 Å². The van der Waals surface area contributed by atoms with Crippen molar-refractivity contribution in [1.29, 1.82) is 0 Å². The first-order valence-electron chi connectivity index (χ1n) is 9.74. The lowest BCUT2D eigenvalue weighted by molar-refractivity contribution is -0.141. The van der Waals surface area contributed by atoms with Gasteiger partial charge in [-0.3, -0.25) is 19.3 Å². The summed E-state index contributed by atoms with van der Waals surface area (Å²) in [7, 11) is 0. The number of ether oxygens (including phenoxy) is 2. The second kappa shape index (κ2) is 7.67. The fourth-order valence-corrected chi connectivity index (χ4v) is 3.82. The number of carboxylic acids is 1. The predicted molar refractivity (Wildman–Crippen MR) is 109 cm³/mol. The Kier molecular flexibility index (Phi) is 5.03. The molecule has 30 heavy (non-hydrogen) atoms. The SMILES string of the molecule is CCOc1cc2c(cc1/C=C1\C(=O)N(CC(=O)O)C(=O)c3ccccc31)O[C@H](C)C2. The molecule has 154 valence electrons. The summed E-state index contributed by atoms with van der Waals surface area (Å²) in [5.41, 5.74) is 2.65. The van der Waals surface area contributed by atoms with Gasteiger partial charge in [-0.05, 0) is 43.7 Å². The number of amides is 2. The van der Waals surface area contributed by atoms with Gasteiger partial charge < -0.3 is 14.6 Å². The van der Waals surface area contributed by atoms with E-state index >= 15 is 0 Å². The molecule has 0 spiro atoms. The summed E-state index contributed by atoms with van der Waals surface area (Å²) in [5.74, 6) is -1.20. The Morgan fingerprint density at radius 3 is 2.67 bits per heavy atom. The number of aliphatic carboxylic acids is 1. The highest BCUT2D eigenvalue weighted by atomic mass is 16.5. The van der Waals surface area contributed by atoms with Gasteiger partial charge in [-0.25, -0.2) is 0 Å². The Balaban J connectivity index is 1.87. The molecule has 0 saturated carbocycles. The molecule has 2 aliphatic heterocycles. The third-order valence-corrected chi connectivity index (χ3v) is 5.09. The van der Waals surface area contributed by atoms with E-state index in [2.05, 4.69) is 0 Å². The zero-order valence-electron chi connectivity index (χ0n) is 16.7. The number of hydrogen-bond donors (Lipinski definition) is 1. The average molecular weight is 407 g/mol. The first kappa shape index (κ1) is 19.7. The van der Waals surface area contributed by atoms with Crippen LogP contribution in [-0.4, -0.2) is 47.0 Å². The summed E-state index contributed by atoms with van der Waals surface area (Å²) < 4.78 is 11.6. The number of hydrogen-bond acceptors (Lipinski definition) is 5. The lowest BCUT2D eigenvalue weighted by Crippen LogP contribution is -2.44. The molecule has 7 heteroatoms. The quantitative estimate of drug-likeness (QED) is 0.605. The summed E-state index contributed by atoms with van der Waals surface area (Å²) in [6.07, 6.45) is 2.47. The third-order valence-electron chi connectivity index (χ3n) is 5.09. The van der Waals surface area contributed by atoms with Crippen LogP contribution in [0.4, 0.5) is 0 Å². The smallest absolute Gasteiger partial charge is 0.323 e. The zero-order valence-corrected chi connectivity index (χ0v) is 16.7. The van der Waals surface area contributed by atoms with Crippen LogP contribution in [0.5, 0.6) is 11.5 Å². The van der Waals surface area contributed by atoms with E-state index in [0.29, 0.717) is 23.5 Å². The molecule has 0 aromatic heterocycles. The Labute approximate surface area is 173 Å². The predicted octanol–water partition coefficient (Wildman–Crippen LogP) is 3.02. The van der Waals surface area contributed by atoms with Crippen LogP contribution < -0.4 is 9.47 Å². The van der Waals surface area contributed by atoms with Gasteiger partial charge in [0.05, 0.1) is 6.61 Å². The topological polar surface area (TPSA) is 93.1 Å². The van der Waals surface area contributed by atoms with Crippen molar-refractivity contribution in [3.8, 4) is 11.5 Å². The van der Waals surface area contributed by atoms with E-state index in [4.69, 9.17) is 14.6 Å². The molecule has 1 atom stereocenters. The number of fused-ring (bicyclic) bond motifs is 2. The lowest BCUT2D eigenvalue weighted by atomic mass is 9.91. The fourth-order valence-electron chi connectivity index (χ4n) is 3.82. The molecule has 0 bridgehead atoms. The molecule has 0 saturated heterocycles. The second-order valence-electron chi connectivity index (χ2n) is 7.26. The van der Waals surface area contributed by atoms with Gasteiger partial charge in [0.2, 0.25) is 0 Å². The summed E-state index contributed by atoms with van der Waals surface area (Å²) >= 11 is 0. The average Bonchev–Trinajstić information content (AvgIpc) is 3.07. The maximum absolute atomic E-state index is 13.1. The molecule has 0 radical (unpaired) electrons. The Morgan fingerprint density at radius 1 is 1.23 bits per heavy atom. The normalized spacial score (nSPS) is 18.8. The van der Waals surface area contributed by atoms with Crippen molar-refractivity contribution in [3.05, 3.63) is 58.7 Å². The molecule has 2 aromatic carbocycles. The molecule has 4 rings (SSSR count).